The Morgan fingerprint density at radius 1 is 1.67 bits per heavy atom. The highest BCUT2D eigenvalue weighted by molar-refractivity contribution is 6.26. The Bertz CT molecular complexity index is 118. The van der Waals surface area contributed by atoms with Crippen LogP contribution < -0.4 is 0 Å². The van der Waals surface area contributed by atoms with Crippen LogP contribution in [0.5, 0.6) is 0 Å². The summed E-state index contributed by atoms with van der Waals surface area (Å²) in [5, 5.41) is 0. The van der Waals surface area contributed by atoms with Crippen molar-refractivity contribution >= 4 is 17.6 Å². The zero-order valence-electron chi connectivity index (χ0n) is 5.43. The van der Waals surface area contributed by atoms with Gasteiger partial charge in [0.1, 0.15) is 0 Å². The Morgan fingerprint density at radius 3 is 2.56 bits per heavy atom. The fourth-order valence-electron chi connectivity index (χ4n) is 0.323. The number of hydrogen-bond acceptors (Lipinski definition) is 2. The highest BCUT2D eigenvalue weighted by Crippen LogP contribution is 1.90. The monoisotopic (exact) mass is 148 g/mol. The molecule has 52 valence electrons. The number of esters is 1. The minimum absolute atomic E-state index is 0.0784. The van der Waals surface area contributed by atoms with Crippen molar-refractivity contribution in [1.82, 2.24) is 0 Å². The second-order valence-corrected chi connectivity index (χ2v) is 2.03. The van der Waals surface area contributed by atoms with Gasteiger partial charge in [0, 0.05) is 11.6 Å². The quantitative estimate of drug-likeness (QED) is 0.440. The summed E-state index contributed by atoms with van der Waals surface area (Å²) in [7, 11) is 0. The van der Waals surface area contributed by atoms with E-state index >= 15 is 0 Å². The first-order valence-electron chi connectivity index (χ1n) is 2.64. The molecule has 0 heterocycles. The van der Waals surface area contributed by atoms with Crippen LogP contribution in [-0.4, -0.2) is 12.1 Å². The van der Waals surface area contributed by atoms with Crippen LogP contribution in [0.2, 0.25) is 0 Å². The molecule has 0 saturated carbocycles. The molecular weight excluding hydrogens is 140 g/mol. The first-order valence-corrected chi connectivity index (χ1v) is 3.08. The fraction of sp³-hybridized carbons (Fsp3) is 0.500. The number of rotatable bonds is 2. The summed E-state index contributed by atoms with van der Waals surface area (Å²) in [6, 6.07) is 0. The molecule has 0 aromatic rings. The Kier molecular flexibility index (Phi) is 4.14. The SMILES string of the molecule is CC(C)OC(=O)C=CCl. The van der Waals surface area contributed by atoms with Crippen molar-refractivity contribution in [2.75, 3.05) is 0 Å². The molecule has 0 fully saturated rings. The van der Waals surface area contributed by atoms with Gasteiger partial charge >= 0.3 is 5.97 Å². The van der Waals surface area contributed by atoms with Crippen molar-refractivity contribution in [3.63, 3.8) is 0 Å². The van der Waals surface area contributed by atoms with Gasteiger partial charge in [0.25, 0.3) is 0 Å². The smallest absolute Gasteiger partial charge is 0.331 e. The fourth-order valence-corrected chi connectivity index (χ4v) is 0.426. The average molecular weight is 149 g/mol. The van der Waals surface area contributed by atoms with E-state index in [4.69, 9.17) is 11.6 Å². The van der Waals surface area contributed by atoms with Gasteiger partial charge in [0.05, 0.1) is 6.10 Å². The standard InChI is InChI=1S/C6H9ClO2/c1-5(2)9-6(8)3-4-7/h3-5H,1-2H3. The van der Waals surface area contributed by atoms with Crippen molar-refractivity contribution in [2.45, 2.75) is 20.0 Å². The van der Waals surface area contributed by atoms with E-state index in [2.05, 4.69) is 4.74 Å². The normalized spacial score (nSPS) is 10.7. The Hall–Kier alpha value is -0.500. The molecule has 0 N–H and O–H groups in total. The second-order valence-electron chi connectivity index (χ2n) is 1.78. The third kappa shape index (κ3) is 5.37. The second kappa shape index (κ2) is 4.39. The molecule has 0 unspecified atom stereocenters. The van der Waals surface area contributed by atoms with E-state index < -0.39 is 5.97 Å². The summed E-state index contributed by atoms with van der Waals surface area (Å²) in [5.41, 5.74) is 1.13. The van der Waals surface area contributed by atoms with Gasteiger partial charge in [0.15, 0.2) is 0 Å². The number of hydrogen-bond donors (Lipinski definition) is 0. The van der Waals surface area contributed by atoms with Gasteiger partial charge in [0.2, 0.25) is 0 Å². The number of ether oxygens (including phenoxy) is 1. The van der Waals surface area contributed by atoms with Crippen LogP contribution >= 0.6 is 11.6 Å². The summed E-state index contributed by atoms with van der Waals surface area (Å²) in [6.07, 6.45) is 1.09. The van der Waals surface area contributed by atoms with Gasteiger partial charge in [-0.25, -0.2) is 4.79 Å². The molecule has 9 heavy (non-hydrogen) atoms. The number of halogens is 1. The predicted octanol–water partition coefficient (Wildman–Crippen LogP) is 1.69. The third-order valence-corrected chi connectivity index (χ3v) is 0.677. The van der Waals surface area contributed by atoms with Crippen LogP contribution in [0.4, 0.5) is 0 Å². The van der Waals surface area contributed by atoms with Crippen LogP contribution in [0.25, 0.3) is 0 Å². The molecule has 2 nitrogen and oxygen atoms in total. The molecule has 0 amide bonds. The van der Waals surface area contributed by atoms with Crippen LogP contribution in [0.1, 0.15) is 13.8 Å². The predicted molar refractivity (Wildman–Crippen MR) is 36.2 cm³/mol. The summed E-state index contributed by atoms with van der Waals surface area (Å²) in [4.78, 5) is 10.5. The molecule has 0 saturated heterocycles. The molecular formula is C6H9ClO2. The lowest BCUT2D eigenvalue weighted by atomic mass is 10.5. The maximum atomic E-state index is 10.5. The molecule has 0 aliphatic rings. The highest BCUT2D eigenvalue weighted by atomic mass is 35.5. The highest BCUT2D eigenvalue weighted by Gasteiger charge is 1.97. The third-order valence-electron chi connectivity index (χ3n) is 0.551. The Balaban J connectivity index is 3.51. The zero-order chi connectivity index (χ0) is 7.28. The summed E-state index contributed by atoms with van der Waals surface area (Å²) in [6.45, 7) is 3.56. The minimum Gasteiger partial charge on any atom is -0.460 e. The van der Waals surface area contributed by atoms with E-state index in [1.165, 1.54) is 6.08 Å². The van der Waals surface area contributed by atoms with E-state index in [0.29, 0.717) is 0 Å². The topological polar surface area (TPSA) is 26.3 Å². The molecule has 0 aliphatic carbocycles. The summed E-state index contributed by atoms with van der Waals surface area (Å²) < 4.78 is 4.68. The van der Waals surface area contributed by atoms with E-state index in [-0.39, 0.29) is 6.10 Å². The maximum Gasteiger partial charge on any atom is 0.331 e. The van der Waals surface area contributed by atoms with Crippen LogP contribution in [0.15, 0.2) is 11.6 Å². The van der Waals surface area contributed by atoms with E-state index in [1.807, 2.05) is 0 Å². The van der Waals surface area contributed by atoms with Gasteiger partial charge in [-0.1, -0.05) is 11.6 Å². The molecule has 0 aliphatic heterocycles. The zero-order valence-corrected chi connectivity index (χ0v) is 6.18. The lowest BCUT2D eigenvalue weighted by Crippen LogP contribution is -2.07. The van der Waals surface area contributed by atoms with Gasteiger partial charge < -0.3 is 4.74 Å². The molecule has 3 heteroatoms. The van der Waals surface area contributed by atoms with E-state index in [1.54, 1.807) is 13.8 Å². The Labute approximate surface area is 59.5 Å². The van der Waals surface area contributed by atoms with E-state index in [9.17, 15) is 4.79 Å². The van der Waals surface area contributed by atoms with Crippen molar-refractivity contribution in [2.24, 2.45) is 0 Å². The van der Waals surface area contributed by atoms with Crippen molar-refractivity contribution < 1.29 is 9.53 Å². The molecule has 0 rings (SSSR count). The molecule has 0 aromatic carbocycles. The van der Waals surface area contributed by atoms with Gasteiger partial charge in [-0.3, -0.25) is 0 Å². The van der Waals surface area contributed by atoms with Crippen LogP contribution in [-0.2, 0) is 9.53 Å². The Morgan fingerprint density at radius 2 is 2.22 bits per heavy atom. The van der Waals surface area contributed by atoms with Gasteiger partial charge in [-0.15, -0.1) is 0 Å². The van der Waals surface area contributed by atoms with Gasteiger partial charge in [-0.2, -0.15) is 0 Å². The van der Waals surface area contributed by atoms with Crippen LogP contribution in [0, 0.1) is 0 Å². The van der Waals surface area contributed by atoms with Gasteiger partial charge in [-0.05, 0) is 13.8 Å². The molecule has 0 aromatic heterocycles. The lowest BCUT2D eigenvalue weighted by molar-refractivity contribution is -0.141. The van der Waals surface area contributed by atoms with Crippen molar-refractivity contribution in [3.05, 3.63) is 11.6 Å². The molecule has 0 spiro atoms. The summed E-state index contributed by atoms with van der Waals surface area (Å²) in [5.74, 6) is -0.403. The first kappa shape index (κ1) is 8.50. The first-order chi connectivity index (χ1) is 4.16. The van der Waals surface area contributed by atoms with Crippen molar-refractivity contribution in [3.8, 4) is 0 Å². The largest absolute Gasteiger partial charge is 0.460 e. The van der Waals surface area contributed by atoms with Crippen molar-refractivity contribution in [1.29, 1.82) is 0 Å². The average Bonchev–Trinajstić information content (AvgIpc) is 1.63. The number of carbonyl (C=O) groups is 1. The minimum atomic E-state index is -0.403. The molecule has 0 radical (unpaired) electrons. The molecule has 0 atom stereocenters. The summed E-state index contributed by atoms with van der Waals surface area (Å²) >= 11 is 5.10. The lowest BCUT2D eigenvalue weighted by Gasteiger charge is -2.02. The number of carbonyl (C=O) groups excluding carboxylic acids is 1. The van der Waals surface area contributed by atoms with Crippen LogP contribution in [0.3, 0.4) is 0 Å². The molecule has 0 bridgehead atoms. The maximum absolute atomic E-state index is 10.5. The van der Waals surface area contributed by atoms with E-state index in [0.717, 1.165) is 5.54 Å².